The Bertz CT molecular complexity index is 1190. The number of methoxy groups -OCH3 is 1. The van der Waals surface area contributed by atoms with Crippen LogP contribution in [0.15, 0.2) is 46.3 Å². The SMILES string of the molecule is C=Cc1ccc(C2NC(=O)NC2=O)o1.CC(N)=NC1CCN(C)CC1.COc1ccc2c(c1)C(=O)N(C)C2. The molecular formula is C27H36N6O5. The van der Waals surface area contributed by atoms with E-state index in [1.54, 1.807) is 37.3 Å². The molecule has 0 radical (unpaired) electrons. The number of ether oxygens (including phenoxy) is 1. The van der Waals surface area contributed by atoms with Crippen molar-refractivity contribution in [2.45, 2.75) is 38.4 Å². The van der Waals surface area contributed by atoms with Crippen LogP contribution in [0.3, 0.4) is 0 Å². The van der Waals surface area contributed by atoms with Crippen molar-refractivity contribution in [1.82, 2.24) is 20.4 Å². The Morgan fingerprint density at radius 3 is 2.45 bits per heavy atom. The molecule has 2 fully saturated rings. The summed E-state index contributed by atoms with van der Waals surface area (Å²) in [5.74, 6) is 2.10. The van der Waals surface area contributed by atoms with Crippen LogP contribution in [-0.2, 0) is 11.3 Å². The van der Waals surface area contributed by atoms with Gasteiger partial charge in [0.25, 0.3) is 11.8 Å². The number of rotatable bonds is 4. The molecule has 1 aromatic carbocycles. The minimum absolute atomic E-state index is 0.0777. The second-order valence-corrected chi connectivity index (χ2v) is 9.33. The van der Waals surface area contributed by atoms with Gasteiger partial charge in [-0.3, -0.25) is 19.9 Å². The molecule has 4 heterocycles. The van der Waals surface area contributed by atoms with Gasteiger partial charge in [-0.1, -0.05) is 12.6 Å². The number of amidine groups is 1. The Balaban J connectivity index is 0.000000159. The fourth-order valence-electron chi connectivity index (χ4n) is 4.21. The van der Waals surface area contributed by atoms with E-state index in [9.17, 15) is 14.4 Å². The van der Waals surface area contributed by atoms with E-state index < -0.39 is 18.0 Å². The summed E-state index contributed by atoms with van der Waals surface area (Å²) < 4.78 is 10.3. The van der Waals surface area contributed by atoms with Crippen LogP contribution in [0.1, 0.15) is 53.2 Å². The summed E-state index contributed by atoms with van der Waals surface area (Å²) in [5, 5.41) is 4.55. The lowest BCUT2D eigenvalue weighted by Gasteiger charge is -2.26. The third-order valence-corrected chi connectivity index (χ3v) is 6.28. The highest BCUT2D eigenvalue weighted by atomic mass is 16.5. The smallest absolute Gasteiger partial charge is 0.322 e. The highest BCUT2D eigenvalue weighted by molar-refractivity contribution is 6.04. The Morgan fingerprint density at radius 2 is 1.89 bits per heavy atom. The minimum Gasteiger partial charge on any atom is -0.497 e. The summed E-state index contributed by atoms with van der Waals surface area (Å²) in [5.41, 5.74) is 7.34. The van der Waals surface area contributed by atoms with Gasteiger partial charge in [-0.05, 0) is 75.8 Å². The van der Waals surface area contributed by atoms with Crippen LogP contribution in [0.4, 0.5) is 4.79 Å². The second kappa shape index (κ2) is 12.9. The highest BCUT2D eigenvalue weighted by Gasteiger charge is 2.33. The third kappa shape index (κ3) is 7.45. The van der Waals surface area contributed by atoms with E-state index in [1.165, 1.54) is 6.08 Å². The van der Waals surface area contributed by atoms with Crippen LogP contribution in [0, 0.1) is 0 Å². The number of furan rings is 1. The van der Waals surface area contributed by atoms with Gasteiger partial charge in [0.1, 0.15) is 17.3 Å². The quantitative estimate of drug-likeness (QED) is 0.317. The highest BCUT2D eigenvalue weighted by Crippen LogP contribution is 2.25. The first-order chi connectivity index (χ1) is 18.1. The molecule has 11 heteroatoms. The number of nitrogens with zero attached hydrogens (tertiary/aromatic N) is 3. The number of aliphatic imine (C=N–C) groups is 1. The number of urea groups is 1. The zero-order chi connectivity index (χ0) is 27.8. The molecule has 204 valence electrons. The molecule has 5 rings (SSSR count). The van der Waals surface area contributed by atoms with Gasteiger partial charge >= 0.3 is 6.03 Å². The summed E-state index contributed by atoms with van der Waals surface area (Å²) in [6, 6.07) is 8.18. The van der Waals surface area contributed by atoms with Crippen LogP contribution in [0.25, 0.3) is 6.08 Å². The van der Waals surface area contributed by atoms with Crippen molar-refractivity contribution >= 4 is 29.8 Å². The van der Waals surface area contributed by atoms with Crippen molar-refractivity contribution < 1.29 is 23.5 Å². The molecular weight excluding hydrogens is 488 g/mol. The van der Waals surface area contributed by atoms with Gasteiger partial charge in [-0.25, -0.2) is 4.79 Å². The molecule has 2 aromatic rings. The monoisotopic (exact) mass is 524 g/mol. The summed E-state index contributed by atoms with van der Waals surface area (Å²) in [7, 11) is 5.55. The van der Waals surface area contributed by atoms with E-state index in [4.69, 9.17) is 14.9 Å². The van der Waals surface area contributed by atoms with Crippen LogP contribution in [0.2, 0.25) is 0 Å². The fourth-order valence-corrected chi connectivity index (χ4v) is 4.21. The molecule has 1 atom stereocenters. The number of piperidine rings is 1. The number of hydrogen-bond acceptors (Lipinski definition) is 7. The van der Waals surface area contributed by atoms with Gasteiger partial charge in [-0.2, -0.15) is 0 Å². The second-order valence-electron chi connectivity index (χ2n) is 9.33. The fraction of sp³-hybridized carbons (Fsp3) is 0.407. The number of carbonyl (C=O) groups excluding carboxylic acids is 3. The zero-order valence-corrected chi connectivity index (χ0v) is 22.3. The number of benzene rings is 1. The number of imide groups is 1. The van der Waals surface area contributed by atoms with E-state index in [2.05, 4.69) is 34.2 Å². The number of fused-ring (bicyclic) bond motifs is 1. The molecule has 4 amide bonds. The molecule has 1 unspecified atom stereocenters. The van der Waals surface area contributed by atoms with Crippen molar-refractivity contribution in [3.05, 3.63) is 59.6 Å². The van der Waals surface area contributed by atoms with Gasteiger partial charge in [0.15, 0.2) is 6.04 Å². The molecule has 11 nitrogen and oxygen atoms in total. The number of carbonyl (C=O) groups is 3. The maximum absolute atomic E-state index is 11.5. The average molecular weight is 525 g/mol. The molecule has 0 bridgehead atoms. The molecule has 0 aliphatic carbocycles. The third-order valence-electron chi connectivity index (χ3n) is 6.28. The lowest BCUT2D eigenvalue weighted by molar-refractivity contribution is -0.120. The molecule has 0 spiro atoms. The number of nitrogens with two attached hydrogens (primary N) is 1. The molecule has 38 heavy (non-hydrogen) atoms. The maximum atomic E-state index is 11.5. The number of hydrogen-bond donors (Lipinski definition) is 3. The Morgan fingerprint density at radius 1 is 1.18 bits per heavy atom. The van der Waals surface area contributed by atoms with Crippen molar-refractivity contribution in [2.75, 3.05) is 34.3 Å². The minimum atomic E-state index is -0.726. The normalized spacial score (nSPS) is 19.5. The van der Waals surface area contributed by atoms with Crippen molar-refractivity contribution in [3.63, 3.8) is 0 Å². The number of likely N-dealkylation sites (tertiary alicyclic amines) is 1. The van der Waals surface area contributed by atoms with E-state index >= 15 is 0 Å². The van der Waals surface area contributed by atoms with Crippen molar-refractivity contribution in [1.29, 1.82) is 0 Å². The predicted octanol–water partition coefficient (Wildman–Crippen LogP) is 2.54. The topological polar surface area (TPSA) is 142 Å². The summed E-state index contributed by atoms with van der Waals surface area (Å²) >= 11 is 0. The summed E-state index contributed by atoms with van der Waals surface area (Å²) in [4.78, 5) is 41.9. The van der Waals surface area contributed by atoms with Gasteiger partial charge in [0.2, 0.25) is 0 Å². The van der Waals surface area contributed by atoms with E-state index in [1.807, 2.05) is 19.1 Å². The zero-order valence-electron chi connectivity index (χ0n) is 22.3. The van der Waals surface area contributed by atoms with Crippen molar-refractivity contribution in [2.24, 2.45) is 10.7 Å². The Kier molecular flexibility index (Phi) is 9.66. The van der Waals surface area contributed by atoms with E-state index in [-0.39, 0.29) is 5.91 Å². The van der Waals surface area contributed by atoms with E-state index in [0.29, 0.717) is 24.1 Å². The maximum Gasteiger partial charge on any atom is 0.322 e. The van der Waals surface area contributed by atoms with Gasteiger partial charge in [0.05, 0.1) is 19.0 Å². The molecule has 3 aliphatic rings. The first kappa shape index (κ1) is 28.5. The number of nitrogens with one attached hydrogen (secondary N) is 2. The predicted molar refractivity (Wildman–Crippen MR) is 145 cm³/mol. The average Bonchev–Trinajstić information content (AvgIpc) is 3.58. The van der Waals surface area contributed by atoms with Gasteiger partial charge in [0, 0.05) is 19.2 Å². The molecule has 0 saturated carbocycles. The molecule has 4 N–H and O–H groups in total. The summed E-state index contributed by atoms with van der Waals surface area (Å²) in [6.45, 7) is 8.40. The van der Waals surface area contributed by atoms with E-state index in [0.717, 1.165) is 48.6 Å². The lowest BCUT2D eigenvalue weighted by Crippen LogP contribution is -2.32. The Labute approximate surface area is 222 Å². The van der Waals surface area contributed by atoms with Gasteiger partial charge < -0.3 is 30.0 Å². The molecule has 2 saturated heterocycles. The summed E-state index contributed by atoms with van der Waals surface area (Å²) in [6.07, 6.45) is 3.84. The molecule has 3 aliphatic heterocycles. The van der Waals surface area contributed by atoms with Crippen LogP contribution < -0.4 is 21.1 Å². The van der Waals surface area contributed by atoms with Crippen LogP contribution in [0.5, 0.6) is 5.75 Å². The lowest BCUT2D eigenvalue weighted by atomic mass is 10.1. The number of amides is 4. The first-order valence-electron chi connectivity index (χ1n) is 12.4. The van der Waals surface area contributed by atoms with Crippen molar-refractivity contribution in [3.8, 4) is 5.75 Å². The Hall–Kier alpha value is -4.12. The standard InChI is InChI=1S/C10H11NO2.C9H8N2O3.C8H17N3/c1-11-6-7-3-4-8(13-2)5-9(7)10(11)12;1-2-5-3-4-6(14-5)7-8(12)11-9(13)10-7;1-7(9)10-8-3-5-11(2)6-4-8/h3-5H,6H2,1-2H3;2-4,7H,1H2,(H2,10,11,12,13);8H,3-6H2,1-2H3,(H2,9,10). The first-order valence-corrected chi connectivity index (χ1v) is 12.4. The van der Waals surface area contributed by atoms with Gasteiger partial charge in [-0.15, -0.1) is 0 Å². The van der Waals surface area contributed by atoms with Crippen LogP contribution >= 0.6 is 0 Å². The van der Waals surface area contributed by atoms with Crippen LogP contribution in [-0.4, -0.2) is 73.8 Å². The largest absolute Gasteiger partial charge is 0.497 e. The molecule has 1 aromatic heterocycles.